The standard InChI is InChI=1S/C12H11NO5S/c14-7-3-1-2-6-8(7)11(16)9-12(10(6)15)19(17,18)5-4-13-9/h1-3,13-16H,4-5H2. The number of hydrogen-bond acceptors (Lipinski definition) is 6. The van der Waals surface area contributed by atoms with E-state index in [-0.39, 0.29) is 45.2 Å². The van der Waals surface area contributed by atoms with E-state index in [0.29, 0.717) is 0 Å². The molecule has 0 aromatic heterocycles. The lowest BCUT2D eigenvalue weighted by molar-refractivity contribution is 0.449. The van der Waals surface area contributed by atoms with Crippen molar-refractivity contribution >= 4 is 26.3 Å². The minimum Gasteiger partial charge on any atom is -0.507 e. The monoisotopic (exact) mass is 281 g/mol. The van der Waals surface area contributed by atoms with E-state index in [2.05, 4.69) is 5.32 Å². The van der Waals surface area contributed by atoms with Gasteiger partial charge in [-0.15, -0.1) is 0 Å². The Balaban J connectivity index is 2.58. The molecule has 2 aromatic carbocycles. The van der Waals surface area contributed by atoms with Gasteiger partial charge in [-0.3, -0.25) is 0 Å². The second kappa shape index (κ2) is 3.67. The smallest absolute Gasteiger partial charge is 0.185 e. The van der Waals surface area contributed by atoms with Gasteiger partial charge in [0.1, 0.15) is 22.1 Å². The first-order chi connectivity index (χ1) is 8.93. The van der Waals surface area contributed by atoms with Crippen LogP contribution in [0.4, 0.5) is 5.69 Å². The molecule has 4 N–H and O–H groups in total. The number of fused-ring (bicyclic) bond motifs is 2. The number of sulfone groups is 1. The van der Waals surface area contributed by atoms with Gasteiger partial charge in [0.25, 0.3) is 0 Å². The van der Waals surface area contributed by atoms with Gasteiger partial charge < -0.3 is 20.6 Å². The molecule has 0 atom stereocenters. The highest BCUT2D eigenvalue weighted by molar-refractivity contribution is 7.91. The second-order valence-electron chi connectivity index (χ2n) is 4.35. The van der Waals surface area contributed by atoms with E-state index in [1.807, 2.05) is 0 Å². The van der Waals surface area contributed by atoms with Crippen molar-refractivity contribution in [3.63, 3.8) is 0 Å². The summed E-state index contributed by atoms with van der Waals surface area (Å²) in [5.74, 6) is -1.20. The van der Waals surface area contributed by atoms with E-state index in [0.717, 1.165) is 0 Å². The summed E-state index contributed by atoms with van der Waals surface area (Å²) >= 11 is 0. The molecule has 1 aliphatic rings. The summed E-state index contributed by atoms with van der Waals surface area (Å²) in [7, 11) is -3.65. The molecule has 19 heavy (non-hydrogen) atoms. The summed E-state index contributed by atoms with van der Waals surface area (Å²) in [5.41, 5.74) is -0.0576. The topological polar surface area (TPSA) is 107 Å². The molecule has 0 radical (unpaired) electrons. The van der Waals surface area contributed by atoms with Gasteiger partial charge in [0.05, 0.1) is 11.1 Å². The van der Waals surface area contributed by atoms with Crippen LogP contribution in [0.25, 0.3) is 10.8 Å². The number of rotatable bonds is 0. The zero-order valence-corrected chi connectivity index (χ0v) is 10.5. The zero-order valence-electron chi connectivity index (χ0n) is 9.71. The Morgan fingerprint density at radius 3 is 2.58 bits per heavy atom. The number of anilines is 1. The Morgan fingerprint density at radius 2 is 1.84 bits per heavy atom. The maximum atomic E-state index is 12.0. The maximum absolute atomic E-state index is 12.0. The molecule has 3 rings (SSSR count). The number of phenolic OH excluding ortho intramolecular Hbond substituents is 3. The maximum Gasteiger partial charge on any atom is 0.185 e. The van der Waals surface area contributed by atoms with Crippen LogP contribution in [0.5, 0.6) is 17.2 Å². The van der Waals surface area contributed by atoms with Crippen molar-refractivity contribution in [3.8, 4) is 17.2 Å². The molecule has 1 aliphatic heterocycles. The van der Waals surface area contributed by atoms with Crippen molar-refractivity contribution in [2.75, 3.05) is 17.6 Å². The predicted molar refractivity (Wildman–Crippen MR) is 69.5 cm³/mol. The third kappa shape index (κ3) is 1.51. The van der Waals surface area contributed by atoms with Gasteiger partial charge >= 0.3 is 0 Å². The van der Waals surface area contributed by atoms with Gasteiger partial charge in [-0.1, -0.05) is 12.1 Å². The Labute approximate surface area is 108 Å². The molecule has 6 nitrogen and oxygen atoms in total. The summed E-state index contributed by atoms with van der Waals surface area (Å²) in [6.07, 6.45) is 0. The fraction of sp³-hybridized carbons (Fsp3) is 0.167. The molecule has 0 unspecified atom stereocenters. The Hall–Kier alpha value is -2.15. The highest BCUT2D eigenvalue weighted by Crippen LogP contribution is 2.49. The van der Waals surface area contributed by atoms with Crippen LogP contribution < -0.4 is 5.32 Å². The van der Waals surface area contributed by atoms with Crippen LogP contribution in [-0.4, -0.2) is 36.0 Å². The summed E-state index contributed by atoms with van der Waals surface area (Å²) in [5, 5.41) is 32.9. The van der Waals surface area contributed by atoms with Gasteiger partial charge in [-0.05, 0) is 6.07 Å². The van der Waals surface area contributed by atoms with Gasteiger partial charge in [-0.2, -0.15) is 0 Å². The van der Waals surface area contributed by atoms with Crippen LogP contribution in [0.2, 0.25) is 0 Å². The van der Waals surface area contributed by atoms with E-state index in [1.165, 1.54) is 18.2 Å². The Kier molecular flexibility index (Phi) is 2.30. The van der Waals surface area contributed by atoms with Crippen LogP contribution in [-0.2, 0) is 9.84 Å². The minimum atomic E-state index is -3.65. The molecule has 0 bridgehead atoms. The highest BCUT2D eigenvalue weighted by Gasteiger charge is 2.32. The number of aromatic hydroxyl groups is 3. The average molecular weight is 281 g/mol. The molecular weight excluding hydrogens is 270 g/mol. The molecule has 0 spiro atoms. The third-order valence-electron chi connectivity index (χ3n) is 3.20. The second-order valence-corrected chi connectivity index (χ2v) is 6.39. The SMILES string of the molecule is O=S1(=O)CCNc2c1c(O)c1cccc(O)c1c2O. The zero-order chi connectivity index (χ0) is 13.8. The first-order valence-corrected chi connectivity index (χ1v) is 7.25. The van der Waals surface area contributed by atoms with Crippen molar-refractivity contribution in [2.45, 2.75) is 4.90 Å². The summed E-state index contributed by atoms with van der Waals surface area (Å²) in [4.78, 5) is -0.311. The Bertz CT molecular complexity index is 798. The quantitative estimate of drug-likeness (QED) is 0.426. The van der Waals surface area contributed by atoms with Crippen LogP contribution in [0.3, 0.4) is 0 Å². The molecule has 0 saturated heterocycles. The molecule has 0 fully saturated rings. The molecule has 0 amide bonds. The number of phenols is 3. The lowest BCUT2D eigenvalue weighted by atomic mass is 10.1. The van der Waals surface area contributed by atoms with E-state index in [9.17, 15) is 23.7 Å². The van der Waals surface area contributed by atoms with E-state index < -0.39 is 15.6 Å². The predicted octanol–water partition coefficient (Wildman–Crippen LogP) is 1.16. The van der Waals surface area contributed by atoms with Crippen LogP contribution in [0, 0.1) is 0 Å². The normalized spacial score (nSPS) is 16.8. The lowest BCUT2D eigenvalue weighted by Crippen LogP contribution is -2.23. The number of nitrogens with one attached hydrogen (secondary N) is 1. The van der Waals surface area contributed by atoms with Gasteiger partial charge in [-0.25, -0.2) is 8.42 Å². The largest absolute Gasteiger partial charge is 0.507 e. The van der Waals surface area contributed by atoms with Crippen LogP contribution in [0.15, 0.2) is 23.1 Å². The average Bonchev–Trinajstić information content (AvgIpc) is 2.34. The van der Waals surface area contributed by atoms with Crippen molar-refractivity contribution in [3.05, 3.63) is 18.2 Å². The molecule has 0 aliphatic carbocycles. The molecule has 1 heterocycles. The first kappa shape index (κ1) is 11.9. The van der Waals surface area contributed by atoms with E-state index >= 15 is 0 Å². The molecule has 7 heteroatoms. The van der Waals surface area contributed by atoms with Gasteiger partial charge in [0.15, 0.2) is 15.6 Å². The summed E-state index contributed by atoms with van der Waals surface area (Å²) in [6, 6.07) is 4.26. The number of benzene rings is 2. The van der Waals surface area contributed by atoms with Crippen molar-refractivity contribution in [1.82, 2.24) is 0 Å². The molecule has 100 valence electrons. The highest BCUT2D eigenvalue weighted by atomic mass is 32.2. The summed E-state index contributed by atoms with van der Waals surface area (Å²) in [6.45, 7) is 0.140. The molecular formula is C12H11NO5S. The van der Waals surface area contributed by atoms with E-state index in [1.54, 1.807) is 0 Å². The van der Waals surface area contributed by atoms with Gasteiger partial charge in [0.2, 0.25) is 0 Å². The Morgan fingerprint density at radius 1 is 1.11 bits per heavy atom. The minimum absolute atomic E-state index is 0.0309. The molecule has 2 aromatic rings. The van der Waals surface area contributed by atoms with Crippen molar-refractivity contribution < 1.29 is 23.7 Å². The summed E-state index contributed by atoms with van der Waals surface area (Å²) < 4.78 is 24.0. The lowest BCUT2D eigenvalue weighted by Gasteiger charge is -2.22. The molecule has 0 saturated carbocycles. The van der Waals surface area contributed by atoms with Crippen LogP contribution in [0.1, 0.15) is 0 Å². The van der Waals surface area contributed by atoms with E-state index in [4.69, 9.17) is 0 Å². The van der Waals surface area contributed by atoms with Crippen LogP contribution >= 0.6 is 0 Å². The fourth-order valence-corrected chi connectivity index (χ4v) is 3.80. The fourth-order valence-electron chi connectivity index (χ4n) is 2.34. The number of hydrogen-bond donors (Lipinski definition) is 4. The first-order valence-electron chi connectivity index (χ1n) is 5.59. The van der Waals surface area contributed by atoms with Crippen molar-refractivity contribution in [1.29, 1.82) is 0 Å². The van der Waals surface area contributed by atoms with Crippen molar-refractivity contribution in [2.24, 2.45) is 0 Å². The van der Waals surface area contributed by atoms with Gasteiger partial charge in [0, 0.05) is 11.9 Å². The third-order valence-corrected chi connectivity index (χ3v) is 4.96.